The molecule has 262 valence electrons. The molecule has 8 rings (SSSR count). The van der Waals surface area contributed by atoms with Gasteiger partial charge in [-0.1, -0.05) is 109 Å². The van der Waals surface area contributed by atoms with E-state index in [9.17, 15) is 17.3 Å². The Balaban J connectivity index is 0.000000215. The van der Waals surface area contributed by atoms with Crippen molar-refractivity contribution in [2.75, 3.05) is 0 Å². The smallest absolute Gasteiger partial charge is 0.418 e. The van der Waals surface area contributed by atoms with Crippen molar-refractivity contribution < 1.29 is 34.3 Å². The molecule has 0 N–H and O–H groups in total. The Morgan fingerprint density at radius 1 is 0.346 bits per heavy atom. The van der Waals surface area contributed by atoms with Crippen molar-refractivity contribution >= 4 is 76.7 Å². The largest absolute Gasteiger partial charge is 1.00 e. The van der Waals surface area contributed by atoms with E-state index in [4.69, 9.17) is 0 Å². The Morgan fingerprint density at radius 2 is 0.615 bits per heavy atom. The molecule has 0 amide bonds. The van der Waals surface area contributed by atoms with Gasteiger partial charge >= 0.3 is 24.3 Å². The fourth-order valence-electron chi connectivity index (χ4n) is 5.97. The molecule has 0 spiro atoms. The second-order valence-electron chi connectivity index (χ2n) is 11.5. The van der Waals surface area contributed by atoms with E-state index in [0.29, 0.717) is 0 Å². The molecule has 0 radical (unpaired) electrons. The third-order valence-electron chi connectivity index (χ3n) is 8.06. The maximum absolute atomic E-state index is 9.75. The van der Waals surface area contributed by atoms with E-state index in [1.807, 2.05) is 12.1 Å². The second-order valence-corrected chi connectivity index (χ2v) is 16.4. The maximum Gasteiger partial charge on any atom is 1.00 e. The van der Waals surface area contributed by atoms with E-state index < -0.39 is 23.1 Å². The monoisotopic (exact) mass is 778 g/mol. The SMILES string of the molecule is F[B-](F)(F)F.[Cu+].c1ccc([PH+](c2ccccc2)c2ccccc2[PH+](c2ccccc2)c2ccccc2)cc1.c1cnc2c(c1)ccc1cccnc12. The predicted octanol–water partition coefficient (Wildman–Crippen LogP) is 8.75. The zero-order valence-electron chi connectivity index (χ0n) is 27.8. The second kappa shape index (κ2) is 18.7. The van der Waals surface area contributed by atoms with Gasteiger partial charge in [0.15, 0.2) is 0 Å². The van der Waals surface area contributed by atoms with Crippen LogP contribution < -0.4 is 31.8 Å². The van der Waals surface area contributed by atoms with Gasteiger partial charge in [0.05, 0.1) is 11.0 Å². The molecule has 8 aromatic rings. The van der Waals surface area contributed by atoms with Crippen LogP contribution in [0, 0.1) is 0 Å². The van der Waals surface area contributed by atoms with E-state index in [1.54, 1.807) is 12.4 Å². The van der Waals surface area contributed by atoms with Crippen molar-refractivity contribution in [3.8, 4) is 0 Å². The van der Waals surface area contributed by atoms with Gasteiger partial charge in [-0.2, -0.15) is 0 Å². The van der Waals surface area contributed by atoms with Crippen molar-refractivity contribution in [2.45, 2.75) is 0 Å². The van der Waals surface area contributed by atoms with Crippen molar-refractivity contribution in [1.29, 1.82) is 0 Å². The summed E-state index contributed by atoms with van der Waals surface area (Å²) in [5.74, 6) is 0. The Hall–Kier alpha value is -4.70. The summed E-state index contributed by atoms with van der Waals surface area (Å²) in [7, 11) is -8.28. The molecular weight excluding hydrogens is 745 g/mol. The number of pyridine rings is 2. The van der Waals surface area contributed by atoms with E-state index in [2.05, 4.69) is 180 Å². The minimum atomic E-state index is -6.00. The van der Waals surface area contributed by atoms with Crippen LogP contribution in [-0.2, 0) is 17.1 Å². The van der Waals surface area contributed by atoms with Crippen LogP contribution in [0.15, 0.2) is 194 Å². The zero-order chi connectivity index (χ0) is 35.5. The first-order valence-corrected chi connectivity index (χ1v) is 19.4. The molecule has 0 fully saturated rings. The summed E-state index contributed by atoms with van der Waals surface area (Å²) in [5.41, 5.74) is 1.95. The number of fused-ring (bicyclic) bond motifs is 3. The molecule has 2 nitrogen and oxygen atoms in total. The Labute approximate surface area is 314 Å². The average Bonchev–Trinajstić information content (AvgIpc) is 3.17. The topological polar surface area (TPSA) is 25.8 Å². The minimum absolute atomic E-state index is 0. The summed E-state index contributed by atoms with van der Waals surface area (Å²) in [6.07, 6.45) is 3.60. The molecule has 2 heterocycles. The molecule has 0 unspecified atom stereocenters. The standard InChI is InChI=1S/C30H24P2.C12H8N2.BF4.Cu/c1-5-15-25(16-6-1)31(26-17-7-2-8-18-26)29-23-13-14-24-30(29)32(27-19-9-3-10-20-27)28-21-11-4-12-22-28;1-3-9-5-6-10-4-2-8-14-12(10)11(9)13-7-1;2-1(3,4)5;/h1-24H;1-8H;;/q;;-1;+1/p+2. The third kappa shape index (κ3) is 10.2. The molecule has 0 aliphatic carbocycles. The van der Waals surface area contributed by atoms with Crippen LogP contribution in [0.2, 0.25) is 0 Å². The zero-order valence-corrected chi connectivity index (χ0v) is 30.7. The van der Waals surface area contributed by atoms with Crippen LogP contribution in [0.3, 0.4) is 0 Å². The van der Waals surface area contributed by atoms with Gasteiger partial charge in [0, 0.05) is 23.2 Å². The van der Waals surface area contributed by atoms with Crippen LogP contribution in [0.25, 0.3) is 21.8 Å². The summed E-state index contributed by atoms with van der Waals surface area (Å²) in [5, 5.41) is 11.0. The van der Waals surface area contributed by atoms with Crippen LogP contribution in [0.5, 0.6) is 0 Å². The van der Waals surface area contributed by atoms with Crippen molar-refractivity contribution in [1.82, 2.24) is 9.97 Å². The molecular formula is C42H34BCuF4N2P2+2. The summed E-state index contributed by atoms with van der Waals surface area (Å²) in [6, 6.07) is 65.6. The van der Waals surface area contributed by atoms with E-state index >= 15 is 0 Å². The van der Waals surface area contributed by atoms with Crippen LogP contribution in [0.4, 0.5) is 17.3 Å². The number of rotatable bonds is 6. The first-order chi connectivity index (χ1) is 24.9. The molecule has 0 aliphatic heterocycles. The first-order valence-electron chi connectivity index (χ1n) is 16.4. The summed E-state index contributed by atoms with van der Waals surface area (Å²) >= 11 is 0. The minimum Gasteiger partial charge on any atom is -0.418 e. The molecule has 2 aromatic heterocycles. The van der Waals surface area contributed by atoms with Gasteiger partial charge in [0.1, 0.15) is 47.7 Å². The van der Waals surface area contributed by atoms with Gasteiger partial charge in [-0.3, -0.25) is 9.97 Å². The molecule has 0 saturated heterocycles. The maximum atomic E-state index is 9.75. The molecule has 10 heteroatoms. The number of nitrogens with zero attached hydrogens (tertiary/aromatic N) is 2. The molecule has 0 bridgehead atoms. The van der Waals surface area contributed by atoms with Gasteiger partial charge in [0.25, 0.3) is 0 Å². The molecule has 6 aromatic carbocycles. The number of hydrogen-bond acceptors (Lipinski definition) is 2. The van der Waals surface area contributed by atoms with Gasteiger partial charge < -0.3 is 17.3 Å². The van der Waals surface area contributed by atoms with E-state index in [0.717, 1.165) is 21.8 Å². The molecule has 52 heavy (non-hydrogen) atoms. The number of benzene rings is 6. The summed E-state index contributed by atoms with van der Waals surface area (Å²) in [4.78, 5) is 8.69. The quantitative estimate of drug-likeness (QED) is 0.0731. The number of halogens is 4. The van der Waals surface area contributed by atoms with Crippen molar-refractivity contribution in [2.24, 2.45) is 0 Å². The molecule has 0 saturated carbocycles. The normalized spacial score (nSPS) is 10.9. The first kappa shape index (κ1) is 38.5. The predicted molar refractivity (Wildman–Crippen MR) is 214 cm³/mol. The number of hydrogen-bond donors (Lipinski definition) is 0. The Kier molecular flexibility index (Phi) is 13.9. The fraction of sp³-hybridized carbons (Fsp3) is 0. The van der Waals surface area contributed by atoms with Gasteiger partial charge in [-0.25, -0.2) is 0 Å². The Bertz CT molecular complexity index is 2040. The van der Waals surface area contributed by atoms with Crippen molar-refractivity contribution in [3.05, 3.63) is 194 Å². The van der Waals surface area contributed by atoms with Gasteiger partial charge in [-0.05, 0) is 72.8 Å². The number of aromatic nitrogens is 2. The molecule has 0 atom stereocenters. The average molecular weight is 779 g/mol. The molecule has 0 aliphatic rings. The van der Waals surface area contributed by atoms with Crippen LogP contribution in [0.1, 0.15) is 0 Å². The fourth-order valence-corrected chi connectivity index (χ4v) is 12.0. The van der Waals surface area contributed by atoms with Crippen LogP contribution >= 0.6 is 15.8 Å². The summed E-state index contributed by atoms with van der Waals surface area (Å²) < 4.78 is 39.0. The van der Waals surface area contributed by atoms with E-state index in [1.165, 1.54) is 31.8 Å². The van der Waals surface area contributed by atoms with Crippen LogP contribution in [-0.4, -0.2) is 17.2 Å². The Morgan fingerprint density at radius 3 is 0.904 bits per heavy atom. The van der Waals surface area contributed by atoms with E-state index in [-0.39, 0.29) is 17.1 Å². The summed E-state index contributed by atoms with van der Waals surface area (Å²) in [6.45, 7) is 0. The van der Waals surface area contributed by atoms with Gasteiger partial charge in [0.2, 0.25) is 0 Å². The van der Waals surface area contributed by atoms with Crippen molar-refractivity contribution in [3.63, 3.8) is 0 Å². The van der Waals surface area contributed by atoms with Gasteiger partial charge in [-0.15, -0.1) is 0 Å². The third-order valence-corrected chi connectivity index (χ3v) is 13.9.